The maximum Gasteiger partial charge on any atom is 0.338 e. The molecule has 3 aromatic rings. The summed E-state index contributed by atoms with van der Waals surface area (Å²) in [5, 5.41) is 10.3. The minimum atomic E-state index is -1.15. The van der Waals surface area contributed by atoms with Crippen LogP contribution in [-0.4, -0.2) is 56.3 Å². The van der Waals surface area contributed by atoms with E-state index in [0.29, 0.717) is 34.6 Å². The van der Waals surface area contributed by atoms with Crippen LogP contribution in [-0.2, 0) is 4.74 Å². The van der Waals surface area contributed by atoms with Crippen LogP contribution in [0.15, 0.2) is 66.7 Å². The van der Waals surface area contributed by atoms with E-state index in [9.17, 15) is 14.7 Å². The average molecular weight is 434 g/mol. The Hall–Kier alpha value is -3.64. The lowest BCUT2D eigenvalue weighted by Gasteiger charge is -2.21. The van der Waals surface area contributed by atoms with Crippen LogP contribution in [0, 0.1) is 0 Å². The van der Waals surface area contributed by atoms with Crippen molar-refractivity contribution >= 4 is 11.9 Å². The zero-order valence-electron chi connectivity index (χ0n) is 18.5. The van der Waals surface area contributed by atoms with E-state index in [1.807, 2.05) is 55.4 Å². The van der Waals surface area contributed by atoms with Gasteiger partial charge in [-0.3, -0.25) is 0 Å². The minimum absolute atomic E-state index is 0.00732. The van der Waals surface area contributed by atoms with Gasteiger partial charge in [-0.25, -0.2) is 9.59 Å². The summed E-state index contributed by atoms with van der Waals surface area (Å²) >= 11 is 0. The highest BCUT2D eigenvalue weighted by atomic mass is 16.5. The molecule has 0 amide bonds. The molecule has 0 aliphatic rings. The molecule has 0 saturated carbocycles. The van der Waals surface area contributed by atoms with Crippen LogP contribution >= 0.6 is 0 Å². The Labute approximate surface area is 188 Å². The molecule has 3 rings (SSSR count). The predicted octanol–water partition coefficient (Wildman–Crippen LogP) is 4.84. The number of nitrogens with zero attached hydrogens (tertiary/aromatic N) is 1. The summed E-state index contributed by atoms with van der Waals surface area (Å²) in [7, 11) is 5.23. The number of ether oxygens (including phenoxy) is 2. The van der Waals surface area contributed by atoms with E-state index >= 15 is 0 Å². The van der Waals surface area contributed by atoms with Gasteiger partial charge in [-0.1, -0.05) is 60.7 Å². The summed E-state index contributed by atoms with van der Waals surface area (Å²) < 4.78 is 11.1. The third-order valence-corrected chi connectivity index (χ3v) is 5.04. The molecule has 0 heterocycles. The lowest BCUT2D eigenvalue weighted by molar-refractivity contribution is 0.0601. The van der Waals surface area contributed by atoms with Crippen molar-refractivity contribution in [3.63, 3.8) is 0 Å². The standard InChI is InChI=1S/C26H27NO5/c1-27(2)15-10-16-32-21-17-20(26(30)31-3)22(18-11-6-4-7-12-18)24(25(28)29)23(21)19-13-8-5-9-14-19/h4-9,11-14,17H,10,15-16H2,1-3H3,(H,28,29). The highest BCUT2D eigenvalue weighted by Gasteiger charge is 2.28. The number of methoxy groups -OCH3 is 1. The Balaban J connectivity index is 2.30. The maximum atomic E-state index is 12.7. The van der Waals surface area contributed by atoms with E-state index in [2.05, 4.69) is 0 Å². The fraction of sp³-hybridized carbons (Fsp3) is 0.231. The van der Waals surface area contributed by atoms with Gasteiger partial charge in [0.2, 0.25) is 0 Å². The fourth-order valence-corrected chi connectivity index (χ4v) is 3.62. The summed E-state index contributed by atoms with van der Waals surface area (Å²) in [6.07, 6.45) is 0.748. The van der Waals surface area contributed by atoms with Crippen molar-refractivity contribution in [2.75, 3.05) is 34.4 Å². The molecule has 0 radical (unpaired) electrons. The Bertz CT molecular complexity index is 1080. The first-order valence-corrected chi connectivity index (χ1v) is 10.3. The molecule has 1 N–H and O–H groups in total. The number of aromatic carboxylic acids is 1. The summed E-state index contributed by atoms with van der Waals surface area (Å²) in [5.41, 5.74) is 2.22. The highest BCUT2D eigenvalue weighted by molar-refractivity contribution is 6.11. The first kappa shape index (κ1) is 23.0. The second-order valence-electron chi connectivity index (χ2n) is 7.58. The van der Waals surface area contributed by atoms with Gasteiger partial charge in [0.1, 0.15) is 5.75 Å². The van der Waals surface area contributed by atoms with Gasteiger partial charge in [-0.05, 0) is 37.7 Å². The average Bonchev–Trinajstić information content (AvgIpc) is 2.81. The Kier molecular flexibility index (Phi) is 7.63. The Morgan fingerprint density at radius 1 is 0.906 bits per heavy atom. The number of carbonyl (C=O) groups is 2. The molecule has 0 atom stereocenters. The molecule has 6 heteroatoms. The molecule has 0 aliphatic carbocycles. The largest absolute Gasteiger partial charge is 0.493 e. The van der Waals surface area contributed by atoms with Gasteiger partial charge < -0.3 is 19.5 Å². The molecule has 0 saturated heterocycles. The summed E-state index contributed by atoms with van der Waals surface area (Å²) in [4.78, 5) is 27.4. The molecule has 0 spiro atoms. The lowest BCUT2D eigenvalue weighted by Crippen LogP contribution is -2.16. The molecule has 0 aromatic heterocycles. The number of benzene rings is 3. The van der Waals surface area contributed by atoms with E-state index in [0.717, 1.165) is 13.0 Å². The minimum Gasteiger partial charge on any atom is -0.493 e. The van der Waals surface area contributed by atoms with Crippen LogP contribution in [0.5, 0.6) is 5.75 Å². The smallest absolute Gasteiger partial charge is 0.338 e. The van der Waals surface area contributed by atoms with Crippen LogP contribution in [0.2, 0.25) is 0 Å². The first-order valence-electron chi connectivity index (χ1n) is 10.3. The first-order chi connectivity index (χ1) is 15.4. The third-order valence-electron chi connectivity index (χ3n) is 5.04. The number of esters is 1. The molecular weight excluding hydrogens is 406 g/mol. The molecule has 3 aromatic carbocycles. The molecule has 0 aliphatic heterocycles. The van der Waals surface area contributed by atoms with Crippen molar-refractivity contribution in [1.29, 1.82) is 0 Å². The van der Waals surface area contributed by atoms with Crippen LogP contribution in [0.4, 0.5) is 0 Å². The molecule has 0 fully saturated rings. The van der Waals surface area contributed by atoms with Crippen LogP contribution < -0.4 is 4.74 Å². The summed E-state index contributed by atoms with van der Waals surface area (Å²) in [6, 6.07) is 19.8. The van der Waals surface area contributed by atoms with Gasteiger partial charge in [0.15, 0.2) is 0 Å². The van der Waals surface area contributed by atoms with Crippen molar-refractivity contribution in [3.05, 3.63) is 77.9 Å². The number of hydrogen-bond acceptors (Lipinski definition) is 5. The molecule has 0 unspecified atom stereocenters. The second kappa shape index (κ2) is 10.6. The predicted molar refractivity (Wildman–Crippen MR) is 124 cm³/mol. The molecule has 6 nitrogen and oxygen atoms in total. The number of rotatable bonds is 9. The van der Waals surface area contributed by atoms with Gasteiger partial charge in [0.25, 0.3) is 0 Å². The van der Waals surface area contributed by atoms with E-state index < -0.39 is 11.9 Å². The van der Waals surface area contributed by atoms with Gasteiger partial charge in [-0.15, -0.1) is 0 Å². The Morgan fingerprint density at radius 3 is 1.97 bits per heavy atom. The zero-order valence-corrected chi connectivity index (χ0v) is 18.5. The SMILES string of the molecule is COC(=O)c1cc(OCCCN(C)C)c(-c2ccccc2)c(C(=O)O)c1-c1ccccc1. The Morgan fingerprint density at radius 2 is 1.47 bits per heavy atom. The normalized spacial score (nSPS) is 10.8. The summed E-state index contributed by atoms with van der Waals surface area (Å²) in [5.74, 6) is -1.43. The van der Waals surface area contributed by atoms with Gasteiger partial charge in [0, 0.05) is 17.7 Å². The fourth-order valence-electron chi connectivity index (χ4n) is 3.62. The van der Waals surface area contributed by atoms with E-state index in [1.54, 1.807) is 30.3 Å². The molecular formula is C26H27NO5. The van der Waals surface area contributed by atoms with E-state index in [4.69, 9.17) is 9.47 Å². The monoisotopic (exact) mass is 433 g/mol. The van der Waals surface area contributed by atoms with Crippen molar-refractivity contribution in [3.8, 4) is 28.0 Å². The summed E-state index contributed by atoms with van der Waals surface area (Å²) in [6.45, 7) is 1.20. The number of carboxylic acids is 1. The van der Waals surface area contributed by atoms with Crippen LogP contribution in [0.25, 0.3) is 22.3 Å². The third kappa shape index (κ3) is 5.15. The molecule has 32 heavy (non-hydrogen) atoms. The zero-order chi connectivity index (χ0) is 23.1. The van der Waals surface area contributed by atoms with Crippen molar-refractivity contribution < 1.29 is 24.2 Å². The molecule has 166 valence electrons. The van der Waals surface area contributed by atoms with Gasteiger partial charge >= 0.3 is 11.9 Å². The van der Waals surface area contributed by atoms with E-state index in [-0.39, 0.29) is 11.1 Å². The van der Waals surface area contributed by atoms with Crippen molar-refractivity contribution in [2.45, 2.75) is 6.42 Å². The quantitative estimate of drug-likeness (QED) is 0.385. The van der Waals surface area contributed by atoms with Gasteiger partial charge in [-0.2, -0.15) is 0 Å². The highest BCUT2D eigenvalue weighted by Crippen LogP contribution is 2.42. The maximum absolute atomic E-state index is 12.7. The van der Waals surface area contributed by atoms with Crippen LogP contribution in [0.3, 0.4) is 0 Å². The van der Waals surface area contributed by atoms with Crippen LogP contribution in [0.1, 0.15) is 27.1 Å². The number of carboxylic acid groups (broad SMARTS) is 1. The van der Waals surface area contributed by atoms with Crippen molar-refractivity contribution in [1.82, 2.24) is 4.90 Å². The second-order valence-corrected chi connectivity index (χ2v) is 7.58. The number of carbonyl (C=O) groups excluding carboxylic acids is 1. The van der Waals surface area contributed by atoms with E-state index in [1.165, 1.54) is 7.11 Å². The lowest BCUT2D eigenvalue weighted by atomic mass is 9.87. The number of hydrogen-bond donors (Lipinski definition) is 1. The van der Waals surface area contributed by atoms with Gasteiger partial charge in [0.05, 0.1) is 24.8 Å². The topological polar surface area (TPSA) is 76.1 Å². The molecule has 0 bridgehead atoms. The van der Waals surface area contributed by atoms with Crippen molar-refractivity contribution in [2.24, 2.45) is 0 Å².